The molecule has 10 heteroatoms. The molecule has 55 heavy (non-hydrogen) atoms. The van der Waals surface area contributed by atoms with Gasteiger partial charge >= 0.3 is 0 Å². The molecule has 4 N–H and O–H groups in total. The summed E-state index contributed by atoms with van der Waals surface area (Å²) in [6.45, 7) is 0. The molecule has 0 spiro atoms. The number of fused-ring (bicyclic) bond motifs is 6. The summed E-state index contributed by atoms with van der Waals surface area (Å²) in [5.41, 5.74) is 5.63. The molecule has 0 saturated carbocycles. The summed E-state index contributed by atoms with van der Waals surface area (Å²) in [6.07, 6.45) is 15.2. The van der Waals surface area contributed by atoms with Gasteiger partial charge in [-0.25, -0.2) is 4.98 Å². The van der Waals surface area contributed by atoms with E-state index in [2.05, 4.69) is 82.3 Å². The molecule has 264 valence electrons. The van der Waals surface area contributed by atoms with Crippen molar-refractivity contribution < 1.29 is 20.4 Å². The van der Waals surface area contributed by atoms with Gasteiger partial charge in [0, 0.05) is 39.0 Å². The van der Waals surface area contributed by atoms with Gasteiger partial charge in [-0.3, -0.25) is 4.57 Å². The Morgan fingerprint density at radius 2 is 1.33 bits per heavy atom. The number of rotatable bonds is 5. The molecule has 3 heterocycles. The van der Waals surface area contributed by atoms with Crippen LogP contribution in [-0.4, -0.2) is 53.8 Å². The van der Waals surface area contributed by atoms with Crippen LogP contribution in [0.15, 0.2) is 121 Å². The Morgan fingerprint density at radius 1 is 0.636 bits per heavy atom. The average molecular weight is 718 g/mol. The second kappa shape index (κ2) is 12.5. The third kappa shape index (κ3) is 5.05. The second-order valence-electron chi connectivity index (χ2n) is 14.0. The van der Waals surface area contributed by atoms with Crippen molar-refractivity contribution in [1.29, 1.82) is 0 Å². The Labute approximate surface area is 316 Å². The molecule has 2 radical (unpaired) electrons. The maximum absolute atomic E-state index is 10.9. The number of phenolic OH excluding ortho intramolecular Hbond substituents is 4. The summed E-state index contributed by atoms with van der Waals surface area (Å²) in [7, 11) is 5.88. The van der Waals surface area contributed by atoms with Crippen molar-refractivity contribution in [3.8, 4) is 62.8 Å². The van der Waals surface area contributed by atoms with E-state index in [1.54, 1.807) is 18.2 Å². The molecule has 2 unspecified atom stereocenters. The Bertz CT molecular complexity index is 2880. The van der Waals surface area contributed by atoms with E-state index in [4.69, 9.17) is 22.8 Å². The number of hydrogen-bond donors (Lipinski definition) is 4. The highest BCUT2D eigenvalue weighted by molar-refractivity contribution is 6.37. The zero-order chi connectivity index (χ0) is 37.4. The number of anilines is 2. The summed E-state index contributed by atoms with van der Waals surface area (Å²) in [5, 5.41) is 45.5. The van der Waals surface area contributed by atoms with Gasteiger partial charge in [0.05, 0.1) is 22.5 Å². The molecule has 2 aliphatic carbocycles. The van der Waals surface area contributed by atoms with Crippen LogP contribution in [0.25, 0.3) is 62.9 Å². The molecule has 5 aromatic carbocycles. The number of aromatic hydroxyl groups is 4. The van der Waals surface area contributed by atoms with Crippen molar-refractivity contribution in [3.05, 3.63) is 137 Å². The van der Waals surface area contributed by atoms with Crippen LogP contribution in [-0.2, 0) is 0 Å². The van der Waals surface area contributed by atoms with Crippen molar-refractivity contribution in [3.63, 3.8) is 0 Å². The second-order valence-corrected chi connectivity index (χ2v) is 14.0. The molecule has 2 atom stereocenters. The Balaban J connectivity index is 1.21. The number of allylic oxidation sites excluding steroid dienone is 2. The largest absolute Gasteiger partial charge is 0.508 e. The molecule has 0 amide bonds. The minimum absolute atomic E-state index is 0.133. The van der Waals surface area contributed by atoms with Crippen LogP contribution < -0.4 is 20.9 Å². The maximum Gasteiger partial charge on any atom is 0.238 e. The molecule has 0 bridgehead atoms. The van der Waals surface area contributed by atoms with Gasteiger partial charge in [0.25, 0.3) is 0 Å². The van der Waals surface area contributed by atoms with Gasteiger partial charge in [-0.15, -0.1) is 0 Å². The van der Waals surface area contributed by atoms with E-state index in [0.717, 1.165) is 45.6 Å². The fraction of sp³-hybridized carbons (Fsp3) is 0.0889. The van der Waals surface area contributed by atoms with Crippen molar-refractivity contribution in [2.24, 2.45) is 0 Å². The predicted octanol–water partition coefficient (Wildman–Crippen LogP) is 6.52. The van der Waals surface area contributed by atoms with Crippen molar-refractivity contribution in [1.82, 2.24) is 19.5 Å². The first-order valence-corrected chi connectivity index (χ1v) is 18.1. The lowest BCUT2D eigenvalue weighted by atomic mass is 9.88. The number of para-hydroxylation sites is 1. The molecule has 0 fully saturated rings. The lowest BCUT2D eigenvalue weighted by molar-refractivity contribution is 0.365. The smallest absolute Gasteiger partial charge is 0.238 e. The Morgan fingerprint density at radius 3 is 2.13 bits per heavy atom. The summed E-state index contributed by atoms with van der Waals surface area (Å²) >= 11 is 0. The monoisotopic (exact) mass is 717 g/mol. The number of benzene rings is 5. The van der Waals surface area contributed by atoms with Gasteiger partial charge in [0.1, 0.15) is 13.6 Å². The average Bonchev–Trinajstić information content (AvgIpc) is 3.74. The Hall–Kier alpha value is -7.07. The molecular weight excluding hydrogens is 685 g/mol. The number of phenols is 4. The summed E-state index contributed by atoms with van der Waals surface area (Å²) in [4.78, 5) is 17.6. The quantitative estimate of drug-likeness (QED) is 0.0902. The lowest BCUT2D eigenvalue weighted by Gasteiger charge is -2.28. The van der Waals surface area contributed by atoms with E-state index < -0.39 is 28.5 Å². The van der Waals surface area contributed by atoms with Gasteiger partial charge in [0.2, 0.25) is 11.7 Å². The fourth-order valence-electron chi connectivity index (χ4n) is 8.24. The summed E-state index contributed by atoms with van der Waals surface area (Å²) < 4.78 is 2.14. The van der Waals surface area contributed by atoms with E-state index in [-0.39, 0.29) is 17.5 Å². The van der Waals surface area contributed by atoms with Gasteiger partial charge < -0.3 is 25.3 Å². The van der Waals surface area contributed by atoms with Crippen LogP contribution in [0.5, 0.6) is 23.0 Å². The van der Waals surface area contributed by atoms with Gasteiger partial charge in [0.15, 0.2) is 23.1 Å². The number of hydrogen-bond acceptors (Lipinski definition) is 8. The molecule has 10 rings (SSSR count). The zero-order valence-corrected chi connectivity index (χ0v) is 29.4. The van der Waals surface area contributed by atoms with E-state index >= 15 is 0 Å². The van der Waals surface area contributed by atoms with Crippen molar-refractivity contribution >= 4 is 47.7 Å². The van der Waals surface area contributed by atoms with Gasteiger partial charge in [-0.05, 0) is 59.8 Å². The van der Waals surface area contributed by atoms with E-state index in [9.17, 15) is 20.4 Å². The van der Waals surface area contributed by atoms with E-state index in [1.165, 1.54) is 11.3 Å². The van der Waals surface area contributed by atoms with Gasteiger partial charge in [-0.2, -0.15) is 9.97 Å². The molecule has 3 aliphatic rings. The standard InChI is InChI=1S/C45H32BN5O4/c46-38-39(52)37(40(53)42(55)41(38)54)26-14-11-15-27(22-26)44-47-43(25-12-3-1-4-13-25)48-45(49-44)51-34-21-10-8-19-30(34)32-23-35-31(24-36(32)51)29-18-7-9-20-33(29)50(35)28-16-5-2-6-17-28/h1-7,9,11-24,29,33,52-55H,8,10H2. The number of nitrogens with zero attached hydrogens (tertiary/aromatic N) is 5. The van der Waals surface area contributed by atoms with Crippen LogP contribution >= 0.6 is 0 Å². The third-order valence-electron chi connectivity index (χ3n) is 10.8. The molecule has 0 saturated heterocycles. The normalized spacial score (nSPS) is 16.7. The summed E-state index contributed by atoms with van der Waals surface area (Å²) in [5.74, 6) is -1.48. The molecular formula is C45H32BN5O4. The summed E-state index contributed by atoms with van der Waals surface area (Å²) in [6, 6.07) is 31.9. The van der Waals surface area contributed by atoms with E-state index in [1.807, 2.05) is 42.5 Å². The van der Waals surface area contributed by atoms with E-state index in [0.29, 0.717) is 28.7 Å². The topological polar surface area (TPSA) is 128 Å². The maximum atomic E-state index is 10.9. The highest BCUT2D eigenvalue weighted by atomic mass is 16.3. The minimum Gasteiger partial charge on any atom is -0.508 e. The third-order valence-corrected chi connectivity index (χ3v) is 10.8. The Kier molecular flexibility index (Phi) is 7.42. The zero-order valence-electron chi connectivity index (χ0n) is 29.4. The van der Waals surface area contributed by atoms with Crippen molar-refractivity contribution in [2.75, 3.05) is 4.90 Å². The molecule has 1 aliphatic heterocycles. The molecule has 2 aromatic heterocycles. The van der Waals surface area contributed by atoms with Crippen LogP contribution in [0.1, 0.15) is 24.3 Å². The first kappa shape index (κ1) is 32.6. The fourth-order valence-corrected chi connectivity index (χ4v) is 8.24. The minimum atomic E-state index is -0.828. The van der Waals surface area contributed by atoms with Gasteiger partial charge in [-0.1, -0.05) is 103 Å². The first-order valence-electron chi connectivity index (χ1n) is 18.1. The lowest BCUT2D eigenvalue weighted by Crippen LogP contribution is -2.31. The highest BCUT2D eigenvalue weighted by Gasteiger charge is 2.38. The van der Waals surface area contributed by atoms with Crippen LogP contribution in [0.4, 0.5) is 11.4 Å². The van der Waals surface area contributed by atoms with Crippen LogP contribution in [0, 0.1) is 0 Å². The van der Waals surface area contributed by atoms with Crippen LogP contribution in [0.2, 0.25) is 0 Å². The predicted molar refractivity (Wildman–Crippen MR) is 216 cm³/mol. The van der Waals surface area contributed by atoms with Crippen molar-refractivity contribution in [2.45, 2.75) is 24.8 Å². The van der Waals surface area contributed by atoms with Crippen LogP contribution in [0.3, 0.4) is 0 Å². The highest BCUT2D eigenvalue weighted by Crippen LogP contribution is 2.49. The SMILES string of the molecule is [B]c1c(O)c(O)c(O)c(-c2cccc(-c3nc(-c4ccccc4)nc(-n4c5c(c6cc7c(cc64)C4C=CC=CC4N7c4ccccc4)=CCCC=5)n3)c2)c1O. The first-order chi connectivity index (χ1) is 26.9. The number of aromatic nitrogens is 4. The molecule has 7 aromatic rings. The molecule has 9 nitrogen and oxygen atoms in total.